The highest BCUT2D eigenvalue weighted by Crippen LogP contribution is 2.20. The predicted molar refractivity (Wildman–Crippen MR) is 59.5 cm³/mol. The second-order valence-corrected chi connectivity index (χ2v) is 5.74. The minimum absolute atomic E-state index is 0.0695. The first-order chi connectivity index (χ1) is 7.48. The second-order valence-electron chi connectivity index (χ2n) is 3.17. The fraction of sp³-hybridized carbons (Fsp3) is 0.111. The van der Waals surface area contributed by atoms with Crippen LogP contribution in [0.3, 0.4) is 0 Å². The number of aromatic nitrogens is 3. The normalized spacial score (nSPS) is 11.6. The first-order valence-corrected chi connectivity index (χ1v) is 6.68. The van der Waals surface area contributed by atoms with Gasteiger partial charge < -0.3 is 0 Å². The molecule has 0 aliphatic rings. The molecule has 16 heavy (non-hydrogen) atoms. The van der Waals surface area contributed by atoms with Crippen molar-refractivity contribution in [2.75, 3.05) is 0 Å². The molecule has 0 amide bonds. The van der Waals surface area contributed by atoms with E-state index in [-0.39, 0.29) is 4.90 Å². The van der Waals surface area contributed by atoms with Gasteiger partial charge in [0.1, 0.15) is 6.33 Å². The molecule has 2 aromatic rings. The van der Waals surface area contributed by atoms with Gasteiger partial charge in [0.2, 0.25) is 0 Å². The van der Waals surface area contributed by atoms with Crippen LogP contribution in [0.4, 0.5) is 0 Å². The summed E-state index contributed by atoms with van der Waals surface area (Å²) in [5.41, 5.74) is 0.782. The summed E-state index contributed by atoms with van der Waals surface area (Å²) in [6.45, 7) is 0. The predicted octanol–water partition coefficient (Wildman–Crippen LogP) is 1.41. The number of halogens is 1. The summed E-state index contributed by atoms with van der Waals surface area (Å²) < 4.78 is 23.7. The average Bonchev–Trinajstić information content (AvgIpc) is 2.63. The van der Waals surface area contributed by atoms with Gasteiger partial charge in [-0.3, -0.25) is 0 Å². The monoisotopic (exact) mass is 257 g/mol. The van der Waals surface area contributed by atoms with E-state index in [0.717, 1.165) is 5.56 Å². The molecule has 2 rings (SSSR count). The second kappa shape index (κ2) is 3.88. The van der Waals surface area contributed by atoms with Crippen molar-refractivity contribution in [3.8, 4) is 11.4 Å². The molecule has 5 nitrogen and oxygen atoms in total. The third-order valence-electron chi connectivity index (χ3n) is 2.11. The Kier molecular flexibility index (Phi) is 2.69. The fourth-order valence-electron chi connectivity index (χ4n) is 1.32. The van der Waals surface area contributed by atoms with Crippen LogP contribution in [-0.2, 0) is 16.1 Å². The smallest absolute Gasteiger partial charge is 0.249 e. The molecule has 0 saturated carbocycles. The summed E-state index contributed by atoms with van der Waals surface area (Å²) >= 11 is 0. The fourth-order valence-corrected chi connectivity index (χ4v) is 2.09. The van der Waals surface area contributed by atoms with Gasteiger partial charge in [0.05, 0.1) is 4.90 Å². The Morgan fingerprint density at radius 3 is 2.31 bits per heavy atom. The number of hydrogen-bond donors (Lipinski definition) is 0. The molecule has 1 heterocycles. The van der Waals surface area contributed by atoms with Crippen molar-refractivity contribution in [1.29, 1.82) is 0 Å². The van der Waals surface area contributed by atoms with E-state index < -0.39 is 9.05 Å². The lowest BCUT2D eigenvalue weighted by molar-refractivity contribution is 0.609. The Morgan fingerprint density at radius 1 is 1.25 bits per heavy atom. The lowest BCUT2D eigenvalue weighted by Crippen LogP contribution is -1.95. The summed E-state index contributed by atoms with van der Waals surface area (Å²) in [5.74, 6) is 0.665. The number of hydrogen-bond acceptors (Lipinski definition) is 4. The van der Waals surface area contributed by atoms with E-state index >= 15 is 0 Å². The van der Waals surface area contributed by atoms with Crippen molar-refractivity contribution < 1.29 is 8.42 Å². The summed E-state index contributed by atoms with van der Waals surface area (Å²) in [6, 6.07) is 6.15. The highest BCUT2D eigenvalue weighted by atomic mass is 35.7. The zero-order valence-electron chi connectivity index (χ0n) is 8.33. The van der Waals surface area contributed by atoms with Crippen molar-refractivity contribution >= 4 is 19.7 Å². The molecule has 0 fully saturated rings. The van der Waals surface area contributed by atoms with E-state index in [0.29, 0.717) is 5.82 Å². The molecule has 0 saturated heterocycles. The van der Waals surface area contributed by atoms with Crippen molar-refractivity contribution in [2.45, 2.75) is 4.90 Å². The minimum atomic E-state index is -3.67. The van der Waals surface area contributed by atoms with Crippen molar-refractivity contribution in [2.24, 2.45) is 7.05 Å². The molecule has 1 aromatic heterocycles. The standard InChI is InChI=1S/C9H8ClN3O2S/c1-13-9(11-6-12-13)7-2-4-8(5-3-7)16(10,14)15/h2-6H,1H3. The summed E-state index contributed by atoms with van der Waals surface area (Å²) in [5, 5.41) is 3.93. The molecule has 0 aliphatic heterocycles. The van der Waals surface area contributed by atoms with Crippen LogP contribution < -0.4 is 0 Å². The highest BCUT2D eigenvalue weighted by Gasteiger charge is 2.10. The van der Waals surface area contributed by atoms with Gasteiger partial charge in [-0.25, -0.2) is 18.1 Å². The van der Waals surface area contributed by atoms with Gasteiger partial charge >= 0.3 is 0 Å². The maximum absolute atomic E-state index is 11.0. The van der Waals surface area contributed by atoms with Crippen LogP contribution in [0.1, 0.15) is 0 Å². The van der Waals surface area contributed by atoms with Crippen LogP contribution >= 0.6 is 10.7 Å². The van der Waals surface area contributed by atoms with Crippen LogP contribution in [-0.4, -0.2) is 23.2 Å². The maximum atomic E-state index is 11.0. The van der Waals surface area contributed by atoms with Crippen molar-refractivity contribution in [1.82, 2.24) is 14.8 Å². The molecular weight excluding hydrogens is 250 g/mol. The van der Waals surface area contributed by atoms with E-state index in [2.05, 4.69) is 10.1 Å². The Bertz CT molecular complexity index is 604. The SMILES string of the molecule is Cn1ncnc1-c1ccc(S(=O)(=O)Cl)cc1. The zero-order chi connectivity index (χ0) is 11.8. The molecular formula is C9H8ClN3O2S. The molecule has 0 aliphatic carbocycles. The van der Waals surface area contributed by atoms with Gasteiger partial charge in [-0.05, 0) is 24.3 Å². The molecule has 0 bridgehead atoms. The molecule has 0 spiro atoms. The van der Waals surface area contributed by atoms with Gasteiger partial charge in [0.25, 0.3) is 9.05 Å². The van der Waals surface area contributed by atoms with Crippen LogP contribution in [0.25, 0.3) is 11.4 Å². The summed E-state index contributed by atoms with van der Waals surface area (Å²) in [4.78, 5) is 4.12. The van der Waals surface area contributed by atoms with Crippen LogP contribution in [0, 0.1) is 0 Å². The van der Waals surface area contributed by atoms with Gasteiger partial charge in [-0.1, -0.05) is 0 Å². The van der Waals surface area contributed by atoms with E-state index in [1.807, 2.05) is 0 Å². The lowest BCUT2D eigenvalue weighted by Gasteiger charge is -2.01. The average molecular weight is 258 g/mol. The van der Waals surface area contributed by atoms with Gasteiger partial charge in [0, 0.05) is 23.3 Å². The van der Waals surface area contributed by atoms with Gasteiger partial charge in [-0.15, -0.1) is 0 Å². The molecule has 84 valence electrons. The van der Waals surface area contributed by atoms with Crippen LogP contribution in [0.5, 0.6) is 0 Å². The molecule has 0 unspecified atom stereocenters. The Morgan fingerprint density at radius 2 is 1.88 bits per heavy atom. The first-order valence-electron chi connectivity index (χ1n) is 4.37. The molecule has 0 N–H and O–H groups in total. The maximum Gasteiger partial charge on any atom is 0.261 e. The topological polar surface area (TPSA) is 64.8 Å². The number of nitrogens with zero attached hydrogens (tertiary/aromatic N) is 3. The summed E-state index contributed by atoms with van der Waals surface area (Å²) in [7, 11) is 3.30. The Balaban J connectivity index is 2.45. The molecule has 1 aromatic carbocycles. The van der Waals surface area contributed by atoms with E-state index in [1.165, 1.54) is 18.5 Å². The molecule has 0 radical (unpaired) electrons. The highest BCUT2D eigenvalue weighted by molar-refractivity contribution is 8.13. The molecule has 0 atom stereocenters. The Hall–Kier alpha value is -1.40. The zero-order valence-corrected chi connectivity index (χ0v) is 9.90. The number of rotatable bonds is 2. The van der Waals surface area contributed by atoms with Crippen LogP contribution in [0.2, 0.25) is 0 Å². The molecule has 7 heteroatoms. The number of benzene rings is 1. The third kappa shape index (κ3) is 2.07. The van der Waals surface area contributed by atoms with E-state index in [9.17, 15) is 8.42 Å². The minimum Gasteiger partial charge on any atom is -0.249 e. The van der Waals surface area contributed by atoms with Crippen LogP contribution in [0.15, 0.2) is 35.5 Å². The van der Waals surface area contributed by atoms with Crippen molar-refractivity contribution in [3.05, 3.63) is 30.6 Å². The van der Waals surface area contributed by atoms with E-state index in [1.54, 1.807) is 23.9 Å². The summed E-state index contributed by atoms with van der Waals surface area (Å²) in [6.07, 6.45) is 1.43. The van der Waals surface area contributed by atoms with Crippen molar-refractivity contribution in [3.63, 3.8) is 0 Å². The van der Waals surface area contributed by atoms with E-state index in [4.69, 9.17) is 10.7 Å². The Labute approximate surface area is 97.1 Å². The quantitative estimate of drug-likeness (QED) is 0.763. The third-order valence-corrected chi connectivity index (χ3v) is 3.48. The first kappa shape index (κ1) is 11.1. The van der Waals surface area contributed by atoms with Gasteiger partial charge in [-0.2, -0.15) is 5.10 Å². The largest absolute Gasteiger partial charge is 0.261 e. The van der Waals surface area contributed by atoms with Gasteiger partial charge in [0.15, 0.2) is 5.82 Å². The number of aryl methyl sites for hydroxylation is 1. The lowest BCUT2D eigenvalue weighted by atomic mass is 10.2.